The van der Waals surface area contributed by atoms with Gasteiger partial charge in [0.2, 0.25) is 5.91 Å². The summed E-state index contributed by atoms with van der Waals surface area (Å²) in [6.07, 6.45) is 3.39. The first-order valence-electron chi connectivity index (χ1n) is 9.42. The monoisotopic (exact) mass is 388 g/mol. The number of carbonyl (C=O) groups is 1. The number of methoxy groups -OCH3 is 2. The molecule has 27 heavy (non-hydrogen) atoms. The van der Waals surface area contributed by atoms with E-state index in [9.17, 15) is 4.79 Å². The number of amides is 1. The number of aryl methyl sites for hydroxylation is 1. The number of fused-ring (bicyclic) bond motifs is 1. The highest BCUT2D eigenvalue weighted by Crippen LogP contribution is 2.34. The average Bonchev–Trinajstić information content (AvgIpc) is 2.65. The van der Waals surface area contributed by atoms with Crippen LogP contribution in [-0.2, 0) is 4.79 Å². The molecular weight excluding hydrogens is 360 g/mol. The first-order valence-corrected chi connectivity index (χ1v) is 10.4. The fraction of sp³-hybridized carbons (Fsp3) is 0.524. The lowest BCUT2D eigenvalue weighted by Crippen LogP contribution is -2.48. The summed E-state index contributed by atoms with van der Waals surface area (Å²) >= 11 is 1.52. The normalized spacial score (nSPS) is 20.0. The molecule has 6 heteroatoms. The predicted molar refractivity (Wildman–Crippen MR) is 110 cm³/mol. The Morgan fingerprint density at radius 2 is 1.78 bits per heavy atom. The Morgan fingerprint density at radius 1 is 1.15 bits per heavy atom. The first-order chi connectivity index (χ1) is 12.9. The maximum Gasteiger partial charge on any atom is 0.233 e. The van der Waals surface area contributed by atoms with Crippen LogP contribution in [0.1, 0.15) is 38.7 Å². The van der Waals surface area contributed by atoms with Gasteiger partial charge >= 0.3 is 0 Å². The number of carbonyl (C=O) groups excluding carboxylic acids is 1. The summed E-state index contributed by atoms with van der Waals surface area (Å²) in [5.41, 5.74) is 1.90. The lowest BCUT2D eigenvalue weighted by Gasteiger charge is -2.39. The van der Waals surface area contributed by atoms with Crippen LogP contribution in [0.25, 0.3) is 10.9 Å². The summed E-state index contributed by atoms with van der Waals surface area (Å²) in [6.45, 7) is 6.33. The number of rotatable bonds is 5. The summed E-state index contributed by atoms with van der Waals surface area (Å²) in [5.74, 6) is 1.97. The van der Waals surface area contributed by atoms with E-state index in [4.69, 9.17) is 14.5 Å². The van der Waals surface area contributed by atoms with Crippen LogP contribution in [0.3, 0.4) is 0 Å². The van der Waals surface area contributed by atoms with E-state index in [-0.39, 0.29) is 5.91 Å². The number of thioether (sulfide) groups is 1. The third kappa shape index (κ3) is 4.15. The van der Waals surface area contributed by atoms with E-state index in [1.165, 1.54) is 18.2 Å². The van der Waals surface area contributed by atoms with Crippen molar-refractivity contribution >= 4 is 28.6 Å². The van der Waals surface area contributed by atoms with E-state index in [1.807, 2.05) is 19.1 Å². The Balaban J connectivity index is 1.80. The Hall–Kier alpha value is -1.95. The van der Waals surface area contributed by atoms with Crippen LogP contribution in [0.15, 0.2) is 23.2 Å². The van der Waals surface area contributed by atoms with Gasteiger partial charge in [0.1, 0.15) is 5.03 Å². The second-order valence-electron chi connectivity index (χ2n) is 7.23. The second-order valence-corrected chi connectivity index (χ2v) is 8.19. The summed E-state index contributed by atoms with van der Waals surface area (Å²) in [7, 11) is 3.25. The quantitative estimate of drug-likeness (QED) is 0.709. The SMILES string of the molecule is COc1cc2cc(C)c(SCC(=O)N3[C@H](C)CCC[C@H]3C)nc2cc1OC. The summed E-state index contributed by atoms with van der Waals surface area (Å²) in [6, 6.07) is 6.55. The van der Waals surface area contributed by atoms with Crippen LogP contribution in [0.2, 0.25) is 0 Å². The largest absolute Gasteiger partial charge is 0.493 e. The molecule has 1 aromatic carbocycles. The molecule has 1 amide bonds. The number of pyridine rings is 1. The predicted octanol–water partition coefficient (Wildman–Crippen LogP) is 4.44. The zero-order valence-electron chi connectivity index (χ0n) is 16.7. The number of aromatic nitrogens is 1. The minimum Gasteiger partial charge on any atom is -0.493 e. The van der Waals surface area contributed by atoms with Gasteiger partial charge in [0.05, 0.1) is 25.5 Å². The molecule has 0 aliphatic carbocycles. The molecule has 1 aliphatic rings. The minimum atomic E-state index is 0.202. The molecule has 3 rings (SSSR count). The number of piperidine rings is 1. The van der Waals surface area contributed by atoms with E-state index >= 15 is 0 Å². The van der Waals surface area contributed by atoms with Crippen molar-refractivity contribution in [3.63, 3.8) is 0 Å². The van der Waals surface area contributed by atoms with Crippen molar-refractivity contribution in [3.8, 4) is 11.5 Å². The molecule has 0 bridgehead atoms. The van der Waals surface area contributed by atoms with E-state index in [1.54, 1.807) is 14.2 Å². The van der Waals surface area contributed by atoms with Gasteiger partial charge in [-0.15, -0.1) is 0 Å². The van der Waals surface area contributed by atoms with Crippen molar-refractivity contribution in [1.82, 2.24) is 9.88 Å². The number of hydrogen-bond acceptors (Lipinski definition) is 5. The smallest absolute Gasteiger partial charge is 0.233 e. The van der Waals surface area contributed by atoms with Crippen molar-refractivity contribution < 1.29 is 14.3 Å². The van der Waals surface area contributed by atoms with Gasteiger partial charge in [-0.3, -0.25) is 4.79 Å². The van der Waals surface area contributed by atoms with E-state index in [0.29, 0.717) is 29.3 Å². The Kier molecular flexibility index (Phi) is 6.15. The van der Waals surface area contributed by atoms with E-state index in [2.05, 4.69) is 24.8 Å². The summed E-state index contributed by atoms with van der Waals surface area (Å²) in [4.78, 5) is 19.6. The zero-order valence-corrected chi connectivity index (χ0v) is 17.6. The van der Waals surface area contributed by atoms with Gasteiger partial charge in [0.15, 0.2) is 11.5 Å². The number of hydrogen-bond donors (Lipinski definition) is 0. The fourth-order valence-electron chi connectivity index (χ4n) is 3.85. The molecule has 0 saturated carbocycles. The lowest BCUT2D eigenvalue weighted by atomic mass is 9.98. The van der Waals surface area contributed by atoms with Crippen LogP contribution >= 0.6 is 11.8 Å². The Bertz CT molecular complexity index is 830. The van der Waals surface area contributed by atoms with Crippen molar-refractivity contribution in [1.29, 1.82) is 0 Å². The van der Waals surface area contributed by atoms with E-state index < -0.39 is 0 Å². The van der Waals surface area contributed by atoms with Crippen molar-refractivity contribution in [2.75, 3.05) is 20.0 Å². The molecule has 1 aromatic heterocycles. The third-order valence-corrected chi connectivity index (χ3v) is 6.36. The van der Waals surface area contributed by atoms with Crippen molar-refractivity contribution in [2.24, 2.45) is 0 Å². The van der Waals surface area contributed by atoms with Crippen molar-refractivity contribution in [3.05, 3.63) is 23.8 Å². The van der Waals surface area contributed by atoms with Crippen LogP contribution < -0.4 is 9.47 Å². The minimum absolute atomic E-state index is 0.202. The summed E-state index contributed by atoms with van der Waals surface area (Å²) < 4.78 is 10.8. The lowest BCUT2D eigenvalue weighted by molar-refractivity contribution is -0.134. The number of likely N-dealkylation sites (tertiary alicyclic amines) is 1. The molecule has 0 radical (unpaired) electrons. The molecule has 2 atom stereocenters. The van der Waals surface area contributed by atoms with Gasteiger partial charge in [0, 0.05) is 23.5 Å². The van der Waals surface area contributed by atoms with Gasteiger partial charge in [-0.05, 0) is 57.7 Å². The molecule has 2 aromatic rings. The first kappa shape index (κ1) is 19.8. The van der Waals surface area contributed by atoms with Crippen LogP contribution in [0.4, 0.5) is 0 Å². The van der Waals surface area contributed by atoms with Gasteiger partial charge < -0.3 is 14.4 Å². The topological polar surface area (TPSA) is 51.7 Å². The average molecular weight is 389 g/mol. The molecule has 1 saturated heterocycles. The van der Waals surface area contributed by atoms with Gasteiger partial charge in [0.25, 0.3) is 0 Å². The van der Waals surface area contributed by atoms with Gasteiger partial charge in [-0.1, -0.05) is 11.8 Å². The molecule has 146 valence electrons. The number of ether oxygens (including phenoxy) is 2. The highest BCUT2D eigenvalue weighted by atomic mass is 32.2. The van der Waals surface area contributed by atoms with Gasteiger partial charge in [-0.25, -0.2) is 4.98 Å². The molecule has 0 unspecified atom stereocenters. The molecule has 0 spiro atoms. The third-order valence-electron chi connectivity index (χ3n) is 5.28. The molecule has 5 nitrogen and oxygen atoms in total. The number of benzene rings is 1. The van der Waals surface area contributed by atoms with Crippen LogP contribution in [0, 0.1) is 6.92 Å². The Labute approximate surface area is 165 Å². The maximum atomic E-state index is 12.8. The molecule has 1 aliphatic heterocycles. The van der Waals surface area contributed by atoms with Crippen LogP contribution in [0.5, 0.6) is 11.5 Å². The fourth-order valence-corrected chi connectivity index (χ4v) is 4.71. The maximum absolute atomic E-state index is 12.8. The molecule has 1 fully saturated rings. The van der Waals surface area contributed by atoms with Crippen LogP contribution in [-0.4, -0.2) is 47.8 Å². The molecule has 2 heterocycles. The van der Waals surface area contributed by atoms with E-state index in [0.717, 1.165) is 34.3 Å². The highest BCUT2D eigenvalue weighted by Gasteiger charge is 2.28. The van der Waals surface area contributed by atoms with Crippen molar-refractivity contribution in [2.45, 2.75) is 57.1 Å². The Morgan fingerprint density at radius 3 is 2.41 bits per heavy atom. The number of nitrogens with zero attached hydrogens (tertiary/aromatic N) is 2. The molecule has 0 N–H and O–H groups in total. The highest BCUT2D eigenvalue weighted by molar-refractivity contribution is 7.99. The molecular formula is C21H28N2O3S. The standard InChI is InChI=1S/C21H28N2O3S/c1-13-9-16-10-18(25-4)19(26-5)11-17(16)22-21(13)27-12-20(24)23-14(2)7-6-8-15(23)3/h9-11,14-15H,6-8,12H2,1-5H3/t14-,15-/m1/s1. The summed E-state index contributed by atoms with van der Waals surface area (Å²) in [5, 5.41) is 1.89. The zero-order chi connectivity index (χ0) is 19.6. The second kappa shape index (κ2) is 8.38. The van der Waals surface area contributed by atoms with Gasteiger partial charge in [-0.2, -0.15) is 0 Å².